The molecule has 97 valence electrons. The van der Waals surface area contributed by atoms with Crippen LogP contribution in [-0.2, 0) is 9.09 Å². The summed E-state index contributed by atoms with van der Waals surface area (Å²) >= 11 is 0. The van der Waals surface area contributed by atoms with E-state index in [-0.39, 0.29) is 12.8 Å². The maximum absolute atomic E-state index is 11.5. The lowest BCUT2D eigenvalue weighted by Crippen LogP contribution is -2.10. The third-order valence-corrected chi connectivity index (χ3v) is 6.46. The average molecular weight is 273 g/mol. The molecule has 0 fully saturated rings. The van der Waals surface area contributed by atoms with Crippen LogP contribution in [0.15, 0.2) is 38.0 Å². The summed E-state index contributed by atoms with van der Waals surface area (Å²) < 4.78 is 16.4. The molecule has 0 saturated heterocycles. The van der Waals surface area contributed by atoms with Gasteiger partial charge in [0.15, 0.2) is 0 Å². The number of hydrogen-bond acceptors (Lipinski definition) is 2. The highest BCUT2D eigenvalue weighted by Gasteiger charge is 2.19. The van der Waals surface area contributed by atoms with Crippen LogP contribution in [0.4, 0.5) is 0 Å². The summed E-state index contributed by atoms with van der Waals surface area (Å²) in [5.74, 6) is 0. The summed E-state index contributed by atoms with van der Waals surface area (Å²) in [6.45, 7) is 11.0. The van der Waals surface area contributed by atoms with Crippen molar-refractivity contribution >= 4 is 16.4 Å². The first-order chi connectivity index (χ1) is 8.05. The van der Waals surface area contributed by atoms with Crippen LogP contribution in [0.1, 0.15) is 6.42 Å². The van der Waals surface area contributed by atoms with Crippen molar-refractivity contribution in [1.29, 1.82) is 0 Å². The molecule has 0 spiro atoms. The summed E-state index contributed by atoms with van der Waals surface area (Å²) in [5, 5.41) is 0. The minimum absolute atomic E-state index is 0.130. The largest absolute Gasteiger partial charge is 0.328 e. The SMILES string of the molecule is C=CCOP(=O)(O)CCC[Si](CC=C)CC=C. The van der Waals surface area contributed by atoms with Crippen molar-refractivity contribution in [2.45, 2.75) is 24.6 Å². The monoisotopic (exact) mass is 273 g/mol. The highest BCUT2D eigenvalue weighted by molar-refractivity contribution is 7.52. The van der Waals surface area contributed by atoms with Gasteiger partial charge in [-0.2, -0.15) is 0 Å². The summed E-state index contributed by atoms with van der Waals surface area (Å²) in [7, 11) is -3.94. The van der Waals surface area contributed by atoms with Crippen LogP contribution in [0.25, 0.3) is 0 Å². The Morgan fingerprint density at radius 3 is 2.24 bits per heavy atom. The molecule has 0 amide bonds. The van der Waals surface area contributed by atoms with E-state index in [1.807, 2.05) is 12.2 Å². The molecule has 17 heavy (non-hydrogen) atoms. The Labute approximate surface area is 106 Å². The first-order valence-corrected chi connectivity index (χ1v) is 9.56. The van der Waals surface area contributed by atoms with Gasteiger partial charge in [0, 0.05) is 6.16 Å². The van der Waals surface area contributed by atoms with Gasteiger partial charge in [0.25, 0.3) is 0 Å². The number of rotatable bonds is 11. The Kier molecular flexibility index (Phi) is 9.37. The molecule has 0 heterocycles. The molecule has 0 rings (SSSR count). The first kappa shape index (κ1) is 16.6. The highest BCUT2D eigenvalue weighted by atomic mass is 31.2. The van der Waals surface area contributed by atoms with Gasteiger partial charge >= 0.3 is 7.60 Å². The molecular weight excluding hydrogens is 251 g/mol. The molecule has 1 N–H and O–H groups in total. The van der Waals surface area contributed by atoms with E-state index in [0.29, 0.717) is 0 Å². The fourth-order valence-electron chi connectivity index (χ4n) is 1.46. The smallest absolute Gasteiger partial charge is 0.324 e. The van der Waals surface area contributed by atoms with Gasteiger partial charge in [-0.05, 0) is 18.5 Å². The summed E-state index contributed by atoms with van der Waals surface area (Å²) in [5.41, 5.74) is 0. The van der Waals surface area contributed by atoms with Gasteiger partial charge in [0.1, 0.15) is 0 Å². The fraction of sp³-hybridized carbons (Fsp3) is 0.500. The molecular formula is C12H22O3PSi. The van der Waals surface area contributed by atoms with Gasteiger partial charge in [-0.15, -0.1) is 19.7 Å². The first-order valence-electron chi connectivity index (χ1n) is 5.68. The molecule has 1 unspecified atom stereocenters. The molecule has 0 saturated carbocycles. The van der Waals surface area contributed by atoms with Crippen LogP contribution < -0.4 is 0 Å². The lowest BCUT2D eigenvalue weighted by molar-refractivity contribution is 0.287. The Balaban J connectivity index is 3.92. The van der Waals surface area contributed by atoms with Gasteiger partial charge in [-0.1, -0.05) is 24.3 Å². The van der Waals surface area contributed by atoms with E-state index in [2.05, 4.69) is 19.7 Å². The predicted molar refractivity (Wildman–Crippen MR) is 76.0 cm³/mol. The third kappa shape index (κ3) is 9.30. The maximum Gasteiger partial charge on any atom is 0.328 e. The van der Waals surface area contributed by atoms with Crippen LogP contribution in [0.2, 0.25) is 18.1 Å². The van der Waals surface area contributed by atoms with E-state index in [4.69, 9.17) is 4.52 Å². The predicted octanol–water partition coefficient (Wildman–Crippen LogP) is 3.63. The van der Waals surface area contributed by atoms with Crippen LogP contribution in [0, 0.1) is 0 Å². The molecule has 0 aromatic heterocycles. The van der Waals surface area contributed by atoms with E-state index in [0.717, 1.165) is 24.6 Å². The van der Waals surface area contributed by atoms with Crippen molar-refractivity contribution in [2.75, 3.05) is 12.8 Å². The van der Waals surface area contributed by atoms with Gasteiger partial charge in [0.2, 0.25) is 0 Å². The number of allylic oxidation sites excluding steroid dienone is 2. The average Bonchev–Trinajstić information content (AvgIpc) is 2.27. The Bertz CT molecular complexity index is 281. The zero-order chi connectivity index (χ0) is 13.1. The lowest BCUT2D eigenvalue weighted by Gasteiger charge is -2.13. The highest BCUT2D eigenvalue weighted by Crippen LogP contribution is 2.42. The molecule has 1 radical (unpaired) electrons. The van der Waals surface area contributed by atoms with E-state index in [1.165, 1.54) is 6.08 Å². The topological polar surface area (TPSA) is 46.5 Å². The normalized spacial score (nSPS) is 14.2. The van der Waals surface area contributed by atoms with Crippen molar-refractivity contribution < 1.29 is 14.0 Å². The van der Waals surface area contributed by atoms with Crippen LogP contribution >= 0.6 is 7.60 Å². The Morgan fingerprint density at radius 1 is 1.18 bits per heavy atom. The van der Waals surface area contributed by atoms with Crippen LogP contribution in [0.3, 0.4) is 0 Å². The van der Waals surface area contributed by atoms with Gasteiger partial charge in [-0.25, -0.2) is 0 Å². The minimum atomic E-state index is -3.41. The fourth-order valence-corrected chi connectivity index (χ4v) is 4.85. The molecule has 5 heteroatoms. The van der Waals surface area contributed by atoms with E-state index in [9.17, 15) is 9.46 Å². The molecule has 0 aromatic rings. The standard InChI is InChI=1S/C12H22O3PSi/c1-4-8-15-16(13,14)9-7-12-17(10-5-2)11-6-3/h4-6H,1-3,7-12H2,(H,13,14). The molecule has 1 atom stereocenters. The quantitative estimate of drug-likeness (QED) is 0.355. The maximum atomic E-state index is 11.5. The molecule has 0 bridgehead atoms. The molecule has 0 aliphatic heterocycles. The summed E-state index contributed by atoms with van der Waals surface area (Å²) in [6, 6.07) is 3.02. The van der Waals surface area contributed by atoms with Crippen molar-refractivity contribution in [3.8, 4) is 0 Å². The van der Waals surface area contributed by atoms with Crippen LogP contribution in [-0.4, -0.2) is 26.5 Å². The molecule has 0 aliphatic rings. The zero-order valence-electron chi connectivity index (χ0n) is 10.3. The van der Waals surface area contributed by atoms with Gasteiger partial charge < -0.3 is 9.42 Å². The van der Waals surface area contributed by atoms with Gasteiger partial charge in [0.05, 0.1) is 15.4 Å². The van der Waals surface area contributed by atoms with Crippen molar-refractivity contribution in [2.24, 2.45) is 0 Å². The Hall–Kier alpha value is -0.413. The Morgan fingerprint density at radius 2 is 1.76 bits per heavy atom. The van der Waals surface area contributed by atoms with Crippen molar-refractivity contribution in [3.63, 3.8) is 0 Å². The second kappa shape index (κ2) is 9.60. The third-order valence-electron chi connectivity index (χ3n) is 2.23. The second-order valence-electron chi connectivity index (χ2n) is 3.78. The second-order valence-corrected chi connectivity index (χ2v) is 8.58. The zero-order valence-corrected chi connectivity index (χ0v) is 12.2. The van der Waals surface area contributed by atoms with Crippen LogP contribution in [0.5, 0.6) is 0 Å². The summed E-state index contributed by atoms with van der Waals surface area (Å²) in [4.78, 5) is 9.47. The molecule has 0 aromatic carbocycles. The van der Waals surface area contributed by atoms with Crippen molar-refractivity contribution in [1.82, 2.24) is 0 Å². The van der Waals surface area contributed by atoms with Crippen molar-refractivity contribution in [3.05, 3.63) is 38.0 Å². The minimum Gasteiger partial charge on any atom is -0.324 e. The number of hydrogen-bond donors (Lipinski definition) is 1. The molecule has 0 aliphatic carbocycles. The van der Waals surface area contributed by atoms with Gasteiger partial charge in [-0.3, -0.25) is 4.57 Å². The lowest BCUT2D eigenvalue weighted by atomic mass is 10.6. The summed E-state index contributed by atoms with van der Waals surface area (Å²) in [6.07, 6.45) is 6.27. The van der Waals surface area contributed by atoms with E-state index in [1.54, 1.807) is 0 Å². The van der Waals surface area contributed by atoms with E-state index >= 15 is 0 Å². The van der Waals surface area contributed by atoms with E-state index < -0.39 is 16.4 Å². The molecule has 3 nitrogen and oxygen atoms in total.